The normalized spacial score (nSPS) is 15.0. The summed E-state index contributed by atoms with van der Waals surface area (Å²) in [5.41, 5.74) is 1.09. The maximum absolute atomic E-state index is 13.1. The molecule has 0 N–H and O–H groups in total. The molecule has 1 aromatic heterocycles. The van der Waals surface area contributed by atoms with Gasteiger partial charge in [0.15, 0.2) is 5.69 Å². The summed E-state index contributed by atoms with van der Waals surface area (Å²) in [6.07, 6.45) is -4.69. The summed E-state index contributed by atoms with van der Waals surface area (Å²) in [7, 11) is 2.97. The number of benzene rings is 1. The molecule has 0 saturated carbocycles. The van der Waals surface area contributed by atoms with Gasteiger partial charge in [0.25, 0.3) is 0 Å². The van der Waals surface area contributed by atoms with Crippen LogP contribution in [0.25, 0.3) is 0 Å². The summed E-state index contributed by atoms with van der Waals surface area (Å²) in [6, 6.07) is 3.55. The maximum atomic E-state index is 13.1. The first-order chi connectivity index (χ1) is 16.0. The topological polar surface area (TPSA) is 72.2 Å². The molecule has 1 aliphatic rings. The minimum absolute atomic E-state index is 0.0896. The first-order valence-electron chi connectivity index (χ1n) is 10.3. The molecule has 1 aromatic carbocycles. The van der Waals surface area contributed by atoms with E-state index < -0.39 is 16.9 Å². The molecule has 0 spiro atoms. The summed E-state index contributed by atoms with van der Waals surface area (Å²) in [5, 5.41) is 7.43. The molecule has 1 amide bonds. The molecule has 1 saturated heterocycles. The van der Waals surface area contributed by atoms with E-state index in [-0.39, 0.29) is 18.1 Å². The van der Waals surface area contributed by atoms with Gasteiger partial charge in [0.1, 0.15) is 19.4 Å². The Labute approximate surface area is 204 Å². The van der Waals surface area contributed by atoms with Gasteiger partial charge in [-0.05, 0) is 19.9 Å². The Hall–Kier alpha value is -2.66. The number of anilines is 1. The number of carbonyl (C=O) groups is 1. The lowest BCUT2D eigenvalue weighted by molar-refractivity contribution is -0.142. The zero-order valence-electron chi connectivity index (χ0n) is 19.0. The third-order valence-corrected chi connectivity index (χ3v) is 6.30. The molecule has 34 heavy (non-hydrogen) atoms. The van der Waals surface area contributed by atoms with Crippen molar-refractivity contribution in [3.63, 3.8) is 0 Å². The molecule has 2 heterocycles. The molecule has 3 rings (SSSR count). The summed E-state index contributed by atoms with van der Waals surface area (Å²) >= 11 is 12.1. The van der Waals surface area contributed by atoms with Crippen LogP contribution in [0.2, 0.25) is 10.0 Å². The number of carbonyl (C=O) groups excluding carboxylic acids is 1. The second-order valence-electron chi connectivity index (χ2n) is 7.63. The zero-order valence-corrected chi connectivity index (χ0v) is 20.6. The van der Waals surface area contributed by atoms with Crippen LogP contribution >= 0.6 is 23.2 Å². The van der Waals surface area contributed by atoms with Crippen molar-refractivity contribution in [2.75, 3.05) is 45.3 Å². The van der Waals surface area contributed by atoms with Crippen LogP contribution in [0.4, 0.5) is 18.9 Å². The van der Waals surface area contributed by atoms with E-state index in [0.29, 0.717) is 42.7 Å². The van der Waals surface area contributed by atoms with Crippen molar-refractivity contribution in [1.82, 2.24) is 14.7 Å². The standard InChI is InChI=1S/C21H24Cl2F3N5O3/c1-12(28-34-4)14-9-15(22)17(33-3)10-16(14)29-5-7-30(8-6-29)18(32)11-31-13(2)19(23)20(27-31)21(24,25)26/h9-10H,5-8,11H2,1-4H3. The minimum atomic E-state index is -4.69. The molecule has 13 heteroatoms. The second kappa shape index (κ2) is 10.3. The van der Waals surface area contributed by atoms with Gasteiger partial charge in [-0.3, -0.25) is 9.48 Å². The van der Waals surface area contributed by atoms with Crippen LogP contribution in [0.3, 0.4) is 0 Å². The van der Waals surface area contributed by atoms with Gasteiger partial charge in [0.2, 0.25) is 5.91 Å². The van der Waals surface area contributed by atoms with Crippen LogP contribution in [-0.4, -0.2) is 66.7 Å². The van der Waals surface area contributed by atoms with Gasteiger partial charge in [-0.25, -0.2) is 0 Å². The van der Waals surface area contributed by atoms with E-state index in [4.69, 9.17) is 32.8 Å². The molecule has 1 fully saturated rings. The Morgan fingerprint density at radius 2 is 1.82 bits per heavy atom. The highest BCUT2D eigenvalue weighted by atomic mass is 35.5. The fourth-order valence-corrected chi connectivity index (χ4v) is 4.20. The number of amides is 1. The van der Waals surface area contributed by atoms with Crippen molar-refractivity contribution < 1.29 is 27.5 Å². The lowest BCUT2D eigenvalue weighted by Crippen LogP contribution is -2.50. The van der Waals surface area contributed by atoms with E-state index >= 15 is 0 Å². The van der Waals surface area contributed by atoms with Crippen molar-refractivity contribution in [2.45, 2.75) is 26.6 Å². The number of aromatic nitrogens is 2. The predicted molar refractivity (Wildman–Crippen MR) is 123 cm³/mol. The molecule has 0 unspecified atom stereocenters. The zero-order chi connectivity index (χ0) is 25.2. The van der Waals surface area contributed by atoms with Crippen LogP contribution < -0.4 is 9.64 Å². The minimum Gasteiger partial charge on any atom is -0.495 e. The number of halogens is 5. The lowest BCUT2D eigenvalue weighted by Gasteiger charge is -2.37. The number of nitrogens with zero attached hydrogens (tertiary/aromatic N) is 5. The molecule has 8 nitrogen and oxygen atoms in total. The summed E-state index contributed by atoms with van der Waals surface area (Å²) in [6.45, 7) is 4.55. The number of oxime groups is 1. The van der Waals surface area contributed by atoms with Gasteiger partial charge in [0.05, 0.1) is 28.6 Å². The quantitative estimate of drug-likeness (QED) is 0.419. The van der Waals surface area contributed by atoms with Crippen LogP contribution in [0, 0.1) is 6.92 Å². The van der Waals surface area contributed by atoms with E-state index in [0.717, 1.165) is 15.9 Å². The highest BCUT2D eigenvalue weighted by Gasteiger charge is 2.38. The molecule has 2 aromatic rings. The molecule has 0 aliphatic carbocycles. The van der Waals surface area contributed by atoms with E-state index in [1.807, 2.05) is 0 Å². The first-order valence-corrected chi connectivity index (χ1v) is 11.0. The number of ether oxygens (including phenoxy) is 1. The van der Waals surface area contributed by atoms with Crippen molar-refractivity contribution >= 4 is 40.5 Å². The number of piperazine rings is 1. The Morgan fingerprint density at radius 3 is 2.35 bits per heavy atom. The predicted octanol–water partition coefficient (Wildman–Crippen LogP) is 4.24. The average molecular weight is 522 g/mol. The van der Waals surface area contributed by atoms with E-state index in [9.17, 15) is 18.0 Å². The van der Waals surface area contributed by atoms with Gasteiger partial charge < -0.3 is 19.4 Å². The fraction of sp³-hybridized carbons (Fsp3) is 0.476. The first kappa shape index (κ1) is 26.0. The lowest BCUT2D eigenvalue weighted by atomic mass is 10.1. The Morgan fingerprint density at radius 1 is 1.18 bits per heavy atom. The SMILES string of the molecule is CON=C(C)c1cc(Cl)c(OC)cc1N1CCN(C(=O)Cn2nc(C(F)(F)F)c(Cl)c2C)CC1. The Balaban J connectivity index is 1.75. The number of alkyl halides is 3. The van der Waals surface area contributed by atoms with Gasteiger partial charge in [-0.1, -0.05) is 28.4 Å². The maximum Gasteiger partial charge on any atom is 0.436 e. The summed E-state index contributed by atoms with van der Waals surface area (Å²) in [5.74, 6) is 0.150. The van der Waals surface area contributed by atoms with Crippen LogP contribution in [0.5, 0.6) is 5.75 Å². The largest absolute Gasteiger partial charge is 0.495 e. The van der Waals surface area contributed by atoms with Gasteiger partial charge in [0, 0.05) is 43.5 Å². The van der Waals surface area contributed by atoms with E-state index in [2.05, 4.69) is 15.2 Å². The Kier molecular flexibility index (Phi) is 7.87. The van der Waals surface area contributed by atoms with Gasteiger partial charge >= 0.3 is 6.18 Å². The van der Waals surface area contributed by atoms with Crippen molar-refractivity contribution in [1.29, 1.82) is 0 Å². The van der Waals surface area contributed by atoms with Gasteiger partial charge in [-0.15, -0.1) is 0 Å². The second-order valence-corrected chi connectivity index (χ2v) is 8.42. The molecule has 0 radical (unpaired) electrons. The number of rotatable bonds is 6. The van der Waals surface area contributed by atoms with Crippen molar-refractivity contribution in [3.8, 4) is 5.75 Å². The smallest absolute Gasteiger partial charge is 0.436 e. The number of hydrogen-bond acceptors (Lipinski definition) is 6. The van der Waals surface area contributed by atoms with E-state index in [1.165, 1.54) is 21.1 Å². The van der Waals surface area contributed by atoms with Crippen molar-refractivity contribution in [2.24, 2.45) is 5.16 Å². The molecule has 186 valence electrons. The van der Waals surface area contributed by atoms with Gasteiger partial charge in [-0.2, -0.15) is 18.3 Å². The molecular formula is C21H24Cl2F3N5O3. The monoisotopic (exact) mass is 521 g/mol. The summed E-state index contributed by atoms with van der Waals surface area (Å²) in [4.78, 5) is 21.3. The van der Waals surface area contributed by atoms with Crippen LogP contribution in [-0.2, 0) is 22.4 Å². The Bertz CT molecular complexity index is 1100. The fourth-order valence-electron chi connectivity index (χ4n) is 3.72. The highest BCUT2D eigenvalue weighted by Crippen LogP contribution is 2.36. The third-order valence-electron chi connectivity index (χ3n) is 5.55. The molecular weight excluding hydrogens is 498 g/mol. The molecule has 0 atom stereocenters. The number of methoxy groups -OCH3 is 1. The molecule has 0 bridgehead atoms. The summed E-state index contributed by atoms with van der Waals surface area (Å²) < 4.78 is 45.5. The van der Waals surface area contributed by atoms with Crippen LogP contribution in [0.1, 0.15) is 23.9 Å². The third kappa shape index (κ3) is 5.35. The average Bonchev–Trinajstić information content (AvgIpc) is 3.08. The van der Waals surface area contributed by atoms with Crippen molar-refractivity contribution in [3.05, 3.63) is 39.1 Å². The number of hydrogen-bond donors (Lipinski definition) is 0. The van der Waals surface area contributed by atoms with Crippen LogP contribution in [0.15, 0.2) is 17.3 Å². The highest BCUT2D eigenvalue weighted by molar-refractivity contribution is 6.33. The van der Waals surface area contributed by atoms with E-state index in [1.54, 1.807) is 24.0 Å². The molecule has 1 aliphatic heterocycles.